The fourth-order valence-corrected chi connectivity index (χ4v) is 5.12. The van der Waals surface area contributed by atoms with E-state index < -0.39 is 17.1 Å². The molecule has 0 aliphatic heterocycles. The summed E-state index contributed by atoms with van der Waals surface area (Å²) in [6, 6.07) is 6.81. The van der Waals surface area contributed by atoms with Crippen molar-refractivity contribution < 1.29 is 18.7 Å². The van der Waals surface area contributed by atoms with Crippen LogP contribution in [0.25, 0.3) is 0 Å². The van der Waals surface area contributed by atoms with Crippen molar-refractivity contribution in [2.75, 3.05) is 18.4 Å². The molecule has 11 heteroatoms. The predicted molar refractivity (Wildman–Crippen MR) is 148 cm³/mol. The second-order valence-electron chi connectivity index (χ2n) is 10.8. The second kappa shape index (κ2) is 13.9. The summed E-state index contributed by atoms with van der Waals surface area (Å²) in [5.74, 6) is 0.224. The molecule has 1 amide bonds. The lowest BCUT2D eigenvalue weighted by Gasteiger charge is -2.36. The molecule has 2 N–H and O–H groups in total. The summed E-state index contributed by atoms with van der Waals surface area (Å²) in [5, 5.41) is 15.0. The SMILES string of the molecule is CC1CCC(C(C)C)C(OC(=O)CCNC(=O)CCNc2cc(=O)n(C)c(=O)n2Cc2cc(F)ccc2C#N)C1. The molecule has 1 aromatic heterocycles. The molecule has 3 unspecified atom stereocenters. The highest BCUT2D eigenvalue weighted by Gasteiger charge is 2.33. The topological polar surface area (TPSA) is 135 Å². The van der Waals surface area contributed by atoms with Crippen LogP contribution in [0.5, 0.6) is 0 Å². The quantitative estimate of drug-likeness (QED) is 0.407. The number of carbonyl (C=O) groups excluding carboxylic acids is 2. The van der Waals surface area contributed by atoms with Crippen molar-refractivity contribution in [1.29, 1.82) is 5.26 Å². The maximum absolute atomic E-state index is 13.8. The number of ether oxygens (including phenoxy) is 1. The van der Waals surface area contributed by atoms with Crippen LogP contribution in [0.15, 0.2) is 33.9 Å². The van der Waals surface area contributed by atoms with E-state index in [1.165, 1.54) is 23.7 Å². The van der Waals surface area contributed by atoms with E-state index in [1.54, 1.807) is 0 Å². The third-order valence-electron chi connectivity index (χ3n) is 7.47. The minimum absolute atomic E-state index is 0.0113. The molecule has 40 heavy (non-hydrogen) atoms. The number of rotatable bonds is 11. The Morgan fingerprint density at radius 3 is 2.62 bits per heavy atom. The lowest BCUT2D eigenvalue weighted by atomic mass is 9.75. The molecule has 10 nitrogen and oxygen atoms in total. The number of nitriles is 1. The smallest absolute Gasteiger partial charge is 0.332 e. The zero-order valence-corrected chi connectivity index (χ0v) is 23.5. The Hall–Kier alpha value is -3.94. The average molecular weight is 556 g/mol. The first-order valence-corrected chi connectivity index (χ1v) is 13.7. The van der Waals surface area contributed by atoms with Crippen molar-refractivity contribution in [3.63, 3.8) is 0 Å². The Morgan fingerprint density at radius 2 is 1.93 bits per heavy atom. The molecule has 1 aliphatic rings. The monoisotopic (exact) mass is 555 g/mol. The highest BCUT2D eigenvalue weighted by Crippen LogP contribution is 2.35. The zero-order valence-electron chi connectivity index (χ0n) is 23.5. The van der Waals surface area contributed by atoms with E-state index in [9.17, 15) is 28.8 Å². The number of esters is 1. The molecule has 216 valence electrons. The molecule has 0 spiro atoms. The van der Waals surface area contributed by atoms with Gasteiger partial charge in [-0.15, -0.1) is 0 Å². The van der Waals surface area contributed by atoms with Crippen LogP contribution in [0.1, 0.15) is 64.0 Å². The Morgan fingerprint density at radius 1 is 1.18 bits per heavy atom. The molecule has 1 fully saturated rings. The van der Waals surface area contributed by atoms with E-state index in [-0.39, 0.29) is 67.4 Å². The van der Waals surface area contributed by atoms with Crippen molar-refractivity contribution in [1.82, 2.24) is 14.5 Å². The van der Waals surface area contributed by atoms with Crippen LogP contribution in [-0.4, -0.2) is 40.2 Å². The standard InChI is InChI=1S/C29H38FN5O5/c1-18(2)23-8-5-19(3)13-24(23)40-28(38)10-12-33-26(36)9-11-32-25-15-27(37)34(4)29(39)35(25)17-21-14-22(30)7-6-20(21)16-31/h6-7,14-15,18-19,23-24,32H,5,8-13,17H2,1-4H3,(H,33,36). The van der Waals surface area contributed by atoms with Gasteiger partial charge in [0.15, 0.2) is 0 Å². The molecule has 1 aliphatic carbocycles. The van der Waals surface area contributed by atoms with E-state index in [0.29, 0.717) is 17.8 Å². The Balaban J connectivity index is 1.54. The molecule has 0 radical (unpaired) electrons. The van der Waals surface area contributed by atoms with Crippen LogP contribution >= 0.6 is 0 Å². The number of amides is 1. The summed E-state index contributed by atoms with van der Waals surface area (Å²) < 4.78 is 21.7. The maximum atomic E-state index is 13.8. The summed E-state index contributed by atoms with van der Waals surface area (Å²) in [6.45, 7) is 6.54. The van der Waals surface area contributed by atoms with Gasteiger partial charge in [-0.05, 0) is 54.4 Å². The molecule has 1 heterocycles. The molecule has 1 aromatic carbocycles. The van der Waals surface area contributed by atoms with Crippen molar-refractivity contribution in [3.8, 4) is 6.07 Å². The minimum Gasteiger partial charge on any atom is -0.462 e. The number of hydrogen-bond acceptors (Lipinski definition) is 7. The van der Waals surface area contributed by atoms with Crippen LogP contribution in [-0.2, 0) is 27.9 Å². The number of halogens is 1. The number of nitrogens with zero attached hydrogens (tertiary/aromatic N) is 3. The molecule has 3 rings (SSSR count). The van der Waals surface area contributed by atoms with Crippen LogP contribution in [0.2, 0.25) is 0 Å². The molecular weight excluding hydrogens is 517 g/mol. The fourth-order valence-electron chi connectivity index (χ4n) is 5.12. The summed E-state index contributed by atoms with van der Waals surface area (Å²) in [4.78, 5) is 49.8. The van der Waals surface area contributed by atoms with Crippen LogP contribution in [0, 0.1) is 34.9 Å². The van der Waals surface area contributed by atoms with E-state index in [2.05, 4.69) is 31.4 Å². The van der Waals surface area contributed by atoms with E-state index in [4.69, 9.17) is 4.74 Å². The lowest BCUT2D eigenvalue weighted by Crippen LogP contribution is -2.39. The van der Waals surface area contributed by atoms with Crippen molar-refractivity contribution in [3.05, 3.63) is 62.0 Å². The first-order chi connectivity index (χ1) is 19.0. The van der Waals surface area contributed by atoms with Gasteiger partial charge in [0.25, 0.3) is 5.56 Å². The fraction of sp³-hybridized carbons (Fsp3) is 0.552. The Labute approximate surface area is 233 Å². The molecule has 0 saturated heterocycles. The highest BCUT2D eigenvalue weighted by molar-refractivity contribution is 5.77. The maximum Gasteiger partial charge on any atom is 0.332 e. The van der Waals surface area contributed by atoms with Gasteiger partial charge < -0.3 is 15.4 Å². The molecular formula is C29H38FN5O5. The van der Waals surface area contributed by atoms with Crippen molar-refractivity contribution in [2.24, 2.45) is 24.8 Å². The van der Waals surface area contributed by atoms with Crippen molar-refractivity contribution >= 4 is 17.7 Å². The molecule has 2 aromatic rings. The van der Waals surface area contributed by atoms with Gasteiger partial charge in [-0.1, -0.05) is 27.2 Å². The summed E-state index contributed by atoms with van der Waals surface area (Å²) in [6.07, 6.45) is 3.03. The summed E-state index contributed by atoms with van der Waals surface area (Å²) in [7, 11) is 1.32. The lowest BCUT2D eigenvalue weighted by molar-refractivity contribution is -0.155. The largest absolute Gasteiger partial charge is 0.462 e. The Bertz CT molecular complexity index is 1380. The van der Waals surface area contributed by atoms with Gasteiger partial charge in [0, 0.05) is 32.6 Å². The minimum atomic E-state index is -0.654. The third kappa shape index (κ3) is 8.04. The van der Waals surface area contributed by atoms with Gasteiger partial charge in [0.05, 0.1) is 24.6 Å². The molecule has 1 saturated carbocycles. The highest BCUT2D eigenvalue weighted by atomic mass is 19.1. The number of benzene rings is 1. The molecule has 0 bridgehead atoms. The first kappa shape index (κ1) is 30.6. The normalized spacial score (nSPS) is 18.7. The number of anilines is 1. The molecule has 3 atom stereocenters. The van der Waals surface area contributed by atoms with Crippen molar-refractivity contribution in [2.45, 2.75) is 65.5 Å². The number of hydrogen-bond donors (Lipinski definition) is 2. The van der Waals surface area contributed by atoms with Gasteiger partial charge in [-0.2, -0.15) is 5.26 Å². The number of aromatic nitrogens is 2. The predicted octanol–water partition coefficient (Wildman–Crippen LogP) is 2.92. The number of carbonyl (C=O) groups is 2. The van der Waals surface area contributed by atoms with Crippen LogP contribution in [0.4, 0.5) is 10.2 Å². The van der Waals surface area contributed by atoms with Crippen LogP contribution in [0.3, 0.4) is 0 Å². The first-order valence-electron chi connectivity index (χ1n) is 13.7. The van der Waals surface area contributed by atoms with Gasteiger partial charge in [-0.25, -0.2) is 9.18 Å². The van der Waals surface area contributed by atoms with Gasteiger partial charge >= 0.3 is 11.7 Å². The summed E-state index contributed by atoms with van der Waals surface area (Å²) >= 11 is 0. The van der Waals surface area contributed by atoms with E-state index in [0.717, 1.165) is 36.0 Å². The third-order valence-corrected chi connectivity index (χ3v) is 7.47. The zero-order chi connectivity index (χ0) is 29.4. The van der Waals surface area contributed by atoms with Gasteiger partial charge in [-0.3, -0.25) is 23.5 Å². The van der Waals surface area contributed by atoms with Crippen LogP contribution < -0.4 is 21.9 Å². The van der Waals surface area contributed by atoms with E-state index in [1.807, 2.05) is 6.07 Å². The second-order valence-corrected chi connectivity index (χ2v) is 10.8. The van der Waals surface area contributed by atoms with Gasteiger partial charge in [0.2, 0.25) is 5.91 Å². The Kier molecular flexibility index (Phi) is 10.6. The average Bonchev–Trinajstić information content (AvgIpc) is 2.89. The van der Waals surface area contributed by atoms with E-state index >= 15 is 0 Å². The number of nitrogens with one attached hydrogen (secondary N) is 2. The van der Waals surface area contributed by atoms with Gasteiger partial charge in [0.1, 0.15) is 17.7 Å². The summed E-state index contributed by atoms with van der Waals surface area (Å²) in [5.41, 5.74) is -0.737.